The molecule has 0 radical (unpaired) electrons. The van der Waals surface area contributed by atoms with Crippen molar-refractivity contribution in [3.8, 4) is 0 Å². The van der Waals surface area contributed by atoms with Crippen molar-refractivity contribution in [2.24, 2.45) is 0 Å². The van der Waals surface area contributed by atoms with Crippen LogP contribution in [0.4, 0.5) is 0 Å². The number of rotatable bonds is 4. The molecule has 6 nitrogen and oxygen atoms in total. The summed E-state index contributed by atoms with van der Waals surface area (Å²) >= 11 is 1.43. The Balaban J connectivity index is 1.85. The summed E-state index contributed by atoms with van der Waals surface area (Å²) in [5.74, 6) is 0.628. The fourth-order valence-corrected chi connectivity index (χ4v) is 3.23. The van der Waals surface area contributed by atoms with Crippen molar-refractivity contribution >= 4 is 17.7 Å². The van der Waals surface area contributed by atoms with Crippen LogP contribution in [0.5, 0.6) is 0 Å². The summed E-state index contributed by atoms with van der Waals surface area (Å²) in [7, 11) is 0. The van der Waals surface area contributed by atoms with Gasteiger partial charge in [0.15, 0.2) is 0 Å². The molecule has 0 spiro atoms. The maximum atomic E-state index is 12.3. The first kappa shape index (κ1) is 15.3. The number of carbonyl (C=O) groups excluding carboxylic acids is 1. The number of thioether (sulfide) groups is 1. The minimum atomic E-state index is 0.204. The van der Waals surface area contributed by atoms with Crippen molar-refractivity contribution in [3.63, 3.8) is 0 Å². The minimum Gasteiger partial charge on any atom is -0.342 e. The quantitative estimate of drug-likeness (QED) is 0.797. The van der Waals surface area contributed by atoms with Crippen molar-refractivity contribution in [2.75, 3.05) is 18.8 Å². The SMILES string of the molecule is CC(C)n1nnnc1SCC(=O)N1CCCCCCC1. The topological polar surface area (TPSA) is 63.9 Å². The third-order valence-electron chi connectivity index (χ3n) is 3.49. The first-order valence-corrected chi connectivity index (χ1v) is 8.35. The fourth-order valence-electron chi connectivity index (χ4n) is 2.32. The van der Waals surface area contributed by atoms with Crippen LogP contribution < -0.4 is 0 Å². The molecule has 0 saturated carbocycles. The predicted molar refractivity (Wildman–Crippen MR) is 78.6 cm³/mol. The molecule has 0 aliphatic carbocycles. The van der Waals surface area contributed by atoms with Crippen LogP contribution in [0.15, 0.2) is 5.16 Å². The zero-order valence-electron chi connectivity index (χ0n) is 12.3. The number of nitrogens with zero attached hydrogens (tertiary/aromatic N) is 5. The van der Waals surface area contributed by atoms with E-state index in [0.29, 0.717) is 5.75 Å². The van der Waals surface area contributed by atoms with Gasteiger partial charge in [0.2, 0.25) is 11.1 Å². The highest BCUT2D eigenvalue weighted by Gasteiger charge is 2.17. The van der Waals surface area contributed by atoms with Gasteiger partial charge in [-0.25, -0.2) is 4.68 Å². The Morgan fingerprint density at radius 3 is 2.50 bits per heavy atom. The van der Waals surface area contributed by atoms with Gasteiger partial charge in [-0.15, -0.1) is 5.10 Å². The molecule has 0 unspecified atom stereocenters. The second kappa shape index (κ2) is 7.61. The van der Waals surface area contributed by atoms with E-state index in [1.807, 2.05) is 18.7 Å². The van der Waals surface area contributed by atoms with Gasteiger partial charge in [-0.1, -0.05) is 31.0 Å². The van der Waals surface area contributed by atoms with Crippen molar-refractivity contribution < 1.29 is 4.79 Å². The van der Waals surface area contributed by atoms with Gasteiger partial charge in [0.05, 0.1) is 11.8 Å². The van der Waals surface area contributed by atoms with Crippen LogP contribution in [0.3, 0.4) is 0 Å². The molecule has 1 fully saturated rings. The number of hydrogen-bond acceptors (Lipinski definition) is 5. The summed E-state index contributed by atoms with van der Waals surface area (Å²) < 4.78 is 1.76. The van der Waals surface area contributed by atoms with Crippen LogP contribution in [0.2, 0.25) is 0 Å². The molecule has 112 valence electrons. The Morgan fingerprint density at radius 2 is 1.85 bits per heavy atom. The summed E-state index contributed by atoms with van der Waals surface area (Å²) in [5, 5.41) is 12.3. The van der Waals surface area contributed by atoms with Crippen LogP contribution >= 0.6 is 11.8 Å². The molecule has 1 aromatic heterocycles. The normalized spacial score (nSPS) is 17.1. The Hall–Kier alpha value is -1.11. The van der Waals surface area contributed by atoms with E-state index < -0.39 is 0 Å². The number of aromatic nitrogens is 4. The lowest BCUT2D eigenvalue weighted by molar-refractivity contribution is -0.128. The first-order chi connectivity index (χ1) is 9.68. The zero-order valence-corrected chi connectivity index (χ0v) is 13.1. The first-order valence-electron chi connectivity index (χ1n) is 7.37. The summed E-state index contributed by atoms with van der Waals surface area (Å²) in [4.78, 5) is 14.3. The lowest BCUT2D eigenvalue weighted by atomic mass is 10.1. The molecule has 1 amide bonds. The van der Waals surface area contributed by atoms with E-state index >= 15 is 0 Å². The van der Waals surface area contributed by atoms with Crippen LogP contribution in [0.25, 0.3) is 0 Å². The van der Waals surface area contributed by atoms with Crippen LogP contribution in [0.1, 0.15) is 52.0 Å². The van der Waals surface area contributed by atoms with E-state index in [1.54, 1.807) is 4.68 Å². The maximum Gasteiger partial charge on any atom is 0.233 e. The summed E-state index contributed by atoms with van der Waals surface area (Å²) in [5.41, 5.74) is 0. The molecule has 0 aromatic carbocycles. The molecule has 7 heteroatoms. The smallest absolute Gasteiger partial charge is 0.233 e. The highest BCUT2D eigenvalue weighted by molar-refractivity contribution is 7.99. The second-order valence-corrected chi connectivity index (χ2v) is 6.38. The Labute approximate surface area is 124 Å². The van der Waals surface area contributed by atoms with Crippen molar-refractivity contribution in [1.82, 2.24) is 25.1 Å². The van der Waals surface area contributed by atoms with E-state index in [1.165, 1.54) is 31.0 Å². The van der Waals surface area contributed by atoms with Crippen molar-refractivity contribution in [1.29, 1.82) is 0 Å². The predicted octanol–water partition coefficient (Wildman–Crippen LogP) is 2.14. The van der Waals surface area contributed by atoms with Gasteiger partial charge in [-0.2, -0.15) is 0 Å². The molecule has 1 aliphatic heterocycles. The molecule has 20 heavy (non-hydrogen) atoms. The number of tetrazole rings is 1. The minimum absolute atomic E-state index is 0.204. The standard InChI is InChI=1S/C13H23N5OS/c1-11(2)18-13(14-15-16-18)20-10-12(19)17-8-6-4-3-5-7-9-17/h11H,3-10H2,1-2H3. The van der Waals surface area contributed by atoms with E-state index in [0.717, 1.165) is 31.1 Å². The summed E-state index contributed by atoms with van der Waals surface area (Å²) in [6, 6.07) is 0.212. The number of hydrogen-bond donors (Lipinski definition) is 0. The van der Waals surface area contributed by atoms with Crippen LogP contribution in [0, 0.1) is 0 Å². The van der Waals surface area contributed by atoms with Gasteiger partial charge in [0, 0.05) is 13.1 Å². The average Bonchev–Trinajstić information content (AvgIpc) is 2.84. The third-order valence-corrected chi connectivity index (χ3v) is 4.40. The monoisotopic (exact) mass is 297 g/mol. The van der Waals surface area contributed by atoms with Crippen LogP contribution in [-0.4, -0.2) is 49.9 Å². The van der Waals surface area contributed by atoms with Gasteiger partial charge in [-0.05, 0) is 37.1 Å². The van der Waals surface area contributed by atoms with Gasteiger partial charge >= 0.3 is 0 Å². The highest BCUT2D eigenvalue weighted by Crippen LogP contribution is 2.18. The van der Waals surface area contributed by atoms with Gasteiger partial charge < -0.3 is 4.90 Å². The second-order valence-electron chi connectivity index (χ2n) is 5.44. The highest BCUT2D eigenvalue weighted by atomic mass is 32.2. The molecule has 2 rings (SSSR count). The lowest BCUT2D eigenvalue weighted by Gasteiger charge is -2.24. The summed E-state index contributed by atoms with van der Waals surface area (Å²) in [6.45, 7) is 5.85. The lowest BCUT2D eigenvalue weighted by Crippen LogP contribution is -2.35. The van der Waals surface area contributed by atoms with Gasteiger partial charge in [0.25, 0.3) is 0 Å². The number of amides is 1. The largest absolute Gasteiger partial charge is 0.342 e. The van der Waals surface area contributed by atoms with Crippen molar-refractivity contribution in [3.05, 3.63) is 0 Å². The van der Waals surface area contributed by atoms with Crippen molar-refractivity contribution in [2.45, 2.75) is 57.1 Å². The molecule has 1 aromatic rings. The molecule has 2 heterocycles. The molecular weight excluding hydrogens is 274 g/mol. The van der Waals surface area contributed by atoms with Gasteiger partial charge in [0.1, 0.15) is 0 Å². The number of likely N-dealkylation sites (tertiary alicyclic amines) is 1. The molecule has 0 bridgehead atoms. The molecular formula is C13H23N5OS. The van der Waals surface area contributed by atoms with E-state index in [2.05, 4.69) is 15.5 Å². The fraction of sp³-hybridized carbons (Fsp3) is 0.846. The Bertz CT molecular complexity index is 426. The maximum absolute atomic E-state index is 12.3. The van der Waals surface area contributed by atoms with E-state index in [4.69, 9.17) is 0 Å². The molecule has 1 saturated heterocycles. The Morgan fingerprint density at radius 1 is 1.20 bits per heavy atom. The zero-order chi connectivity index (χ0) is 14.4. The Kier molecular flexibility index (Phi) is 5.82. The van der Waals surface area contributed by atoms with E-state index in [-0.39, 0.29) is 11.9 Å². The van der Waals surface area contributed by atoms with Crippen LogP contribution in [-0.2, 0) is 4.79 Å². The molecule has 0 atom stereocenters. The number of carbonyl (C=O) groups is 1. The van der Waals surface area contributed by atoms with E-state index in [9.17, 15) is 4.79 Å². The third kappa shape index (κ3) is 4.19. The average molecular weight is 297 g/mol. The van der Waals surface area contributed by atoms with Gasteiger partial charge in [-0.3, -0.25) is 4.79 Å². The molecule has 0 N–H and O–H groups in total. The molecule has 1 aliphatic rings. The summed E-state index contributed by atoms with van der Waals surface area (Å²) in [6.07, 6.45) is 6.03.